The molecule has 0 N–H and O–H groups in total. The Bertz CT molecular complexity index is 404. The van der Waals surface area contributed by atoms with Gasteiger partial charge in [0.2, 0.25) is 0 Å². The zero-order valence-corrected chi connectivity index (χ0v) is 9.89. The van der Waals surface area contributed by atoms with Crippen molar-refractivity contribution in [3.05, 3.63) is 28.8 Å². The Balaban J connectivity index is 2.17. The van der Waals surface area contributed by atoms with Gasteiger partial charge in [0, 0.05) is 0 Å². The first kappa shape index (κ1) is 11.6. The van der Waals surface area contributed by atoms with E-state index in [0.717, 1.165) is 12.0 Å². The predicted molar refractivity (Wildman–Crippen MR) is 59.2 cm³/mol. The molecule has 1 fully saturated rings. The van der Waals surface area contributed by atoms with E-state index in [0.29, 0.717) is 11.3 Å². The number of alkyl halides is 2. The molecule has 1 nitrogen and oxygen atoms in total. The maximum absolute atomic E-state index is 12.0. The molecule has 16 heavy (non-hydrogen) atoms. The number of hydrogen-bond donors (Lipinski definition) is 0. The lowest BCUT2D eigenvalue weighted by Crippen LogP contribution is -2.02. The first-order chi connectivity index (χ1) is 7.40. The van der Waals surface area contributed by atoms with Crippen molar-refractivity contribution in [2.45, 2.75) is 32.8 Å². The zero-order valence-electron chi connectivity index (χ0n) is 9.14. The Morgan fingerprint density at radius 2 is 2.06 bits per heavy atom. The molecule has 1 aromatic carbocycles. The topological polar surface area (TPSA) is 9.23 Å². The van der Waals surface area contributed by atoms with Gasteiger partial charge >= 0.3 is 6.61 Å². The Morgan fingerprint density at radius 1 is 1.44 bits per heavy atom. The first-order valence-electron chi connectivity index (χ1n) is 5.14. The third-order valence-electron chi connectivity index (χ3n) is 3.09. The third kappa shape index (κ3) is 2.29. The van der Waals surface area contributed by atoms with Gasteiger partial charge in [-0.15, -0.1) is 0 Å². The van der Waals surface area contributed by atoms with Crippen molar-refractivity contribution < 1.29 is 13.5 Å². The molecule has 0 spiro atoms. The van der Waals surface area contributed by atoms with Crippen molar-refractivity contribution in [3.63, 3.8) is 0 Å². The van der Waals surface area contributed by atoms with Crippen molar-refractivity contribution in [3.8, 4) is 5.75 Å². The van der Waals surface area contributed by atoms with Gasteiger partial charge in [0.1, 0.15) is 5.75 Å². The maximum atomic E-state index is 12.0. The summed E-state index contributed by atoms with van der Waals surface area (Å²) in [4.78, 5) is 0. The predicted octanol–water partition coefficient (Wildman–Crippen LogP) is 4.45. The molecule has 0 heterocycles. The summed E-state index contributed by atoms with van der Waals surface area (Å²) in [5.74, 6) is 0.518. The fourth-order valence-corrected chi connectivity index (χ4v) is 2.20. The van der Waals surface area contributed by atoms with E-state index >= 15 is 0 Å². The summed E-state index contributed by atoms with van der Waals surface area (Å²) in [6, 6.07) is 5.04. The second-order valence-electron chi connectivity index (χ2n) is 4.81. The standard InChI is InChI=1S/C12H13ClF2O/c1-12(2)6-8(12)7-3-4-10(9(13)5-7)16-11(14)15/h3-5,8,11H,6H2,1-2H3. The van der Waals surface area contributed by atoms with E-state index < -0.39 is 6.61 Å². The highest BCUT2D eigenvalue weighted by Gasteiger charge is 2.46. The number of benzene rings is 1. The fourth-order valence-electron chi connectivity index (χ4n) is 1.96. The lowest BCUT2D eigenvalue weighted by atomic mass is 10.0. The molecule has 0 bridgehead atoms. The molecule has 88 valence electrons. The second kappa shape index (κ2) is 3.88. The molecule has 0 radical (unpaired) electrons. The van der Waals surface area contributed by atoms with Gasteiger partial charge in [0.05, 0.1) is 5.02 Å². The van der Waals surface area contributed by atoms with E-state index in [1.54, 1.807) is 6.07 Å². The summed E-state index contributed by atoms with van der Waals surface area (Å²) in [7, 11) is 0. The van der Waals surface area contributed by atoms with Crippen LogP contribution in [0.1, 0.15) is 31.7 Å². The maximum Gasteiger partial charge on any atom is 0.387 e. The van der Waals surface area contributed by atoms with E-state index in [1.165, 1.54) is 6.07 Å². The van der Waals surface area contributed by atoms with Gasteiger partial charge < -0.3 is 4.74 Å². The SMILES string of the molecule is CC1(C)CC1c1ccc(OC(F)F)c(Cl)c1. The largest absolute Gasteiger partial charge is 0.433 e. The van der Waals surface area contributed by atoms with Gasteiger partial charge in [-0.25, -0.2) is 0 Å². The van der Waals surface area contributed by atoms with Gasteiger partial charge in [-0.05, 0) is 35.4 Å². The molecule has 1 aliphatic rings. The van der Waals surface area contributed by atoms with Crippen molar-refractivity contribution in [1.82, 2.24) is 0 Å². The normalized spacial score (nSPS) is 22.2. The molecule has 1 saturated carbocycles. The van der Waals surface area contributed by atoms with Crippen molar-refractivity contribution >= 4 is 11.6 Å². The van der Waals surface area contributed by atoms with Crippen LogP contribution >= 0.6 is 11.6 Å². The number of rotatable bonds is 3. The van der Waals surface area contributed by atoms with Crippen molar-refractivity contribution in [2.24, 2.45) is 5.41 Å². The molecule has 1 aliphatic carbocycles. The van der Waals surface area contributed by atoms with Gasteiger partial charge in [-0.3, -0.25) is 0 Å². The molecular weight excluding hydrogens is 234 g/mol. The second-order valence-corrected chi connectivity index (χ2v) is 5.22. The summed E-state index contributed by atoms with van der Waals surface area (Å²) >= 11 is 5.88. The molecule has 1 aromatic rings. The van der Waals surface area contributed by atoms with E-state index in [2.05, 4.69) is 18.6 Å². The quantitative estimate of drug-likeness (QED) is 0.765. The van der Waals surface area contributed by atoms with Crippen LogP contribution in [0.3, 0.4) is 0 Å². The molecular formula is C12H13ClF2O. The smallest absolute Gasteiger partial charge is 0.387 e. The van der Waals surface area contributed by atoms with E-state index in [4.69, 9.17) is 11.6 Å². The van der Waals surface area contributed by atoms with Crippen molar-refractivity contribution in [1.29, 1.82) is 0 Å². The molecule has 1 atom stereocenters. The van der Waals surface area contributed by atoms with E-state index in [1.807, 2.05) is 6.07 Å². The number of ether oxygens (including phenoxy) is 1. The van der Waals surface area contributed by atoms with Gasteiger partial charge in [-0.2, -0.15) is 8.78 Å². The summed E-state index contributed by atoms with van der Waals surface area (Å²) < 4.78 is 28.3. The number of hydrogen-bond acceptors (Lipinski definition) is 1. The molecule has 0 aliphatic heterocycles. The first-order valence-corrected chi connectivity index (χ1v) is 5.52. The van der Waals surface area contributed by atoms with Gasteiger partial charge in [0.25, 0.3) is 0 Å². The van der Waals surface area contributed by atoms with Crippen LogP contribution in [0, 0.1) is 5.41 Å². The summed E-state index contributed by atoms with van der Waals surface area (Å²) in [6.45, 7) is 1.52. The molecule has 2 rings (SSSR count). The third-order valence-corrected chi connectivity index (χ3v) is 3.38. The molecule has 0 amide bonds. The monoisotopic (exact) mass is 246 g/mol. The lowest BCUT2D eigenvalue weighted by molar-refractivity contribution is -0.0497. The summed E-state index contributed by atoms with van der Waals surface area (Å²) in [5.41, 5.74) is 1.39. The minimum absolute atomic E-state index is 0.0406. The zero-order chi connectivity index (χ0) is 11.9. The molecule has 4 heteroatoms. The number of halogens is 3. The Labute approximate surface area is 98.4 Å². The lowest BCUT2D eigenvalue weighted by Gasteiger charge is -2.09. The van der Waals surface area contributed by atoms with Crippen LogP contribution < -0.4 is 4.74 Å². The average Bonchev–Trinajstić information content (AvgIpc) is 2.78. The molecule has 1 unspecified atom stereocenters. The van der Waals surface area contributed by atoms with E-state index in [9.17, 15) is 8.78 Å². The fraction of sp³-hybridized carbons (Fsp3) is 0.500. The van der Waals surface area contributed by atoms with Gasteiger partial charge in [0.15, 0.2) is 0 Å². The van der Waals surface area contributed by atoms with Crippen LogP contribution in [0.25, 0.3) is 0 Å². The minimum Gasteiger partial charge on any atom is -0.433 e. The van der Waals surface area contributed by atoms with E-state index in [-0.39, 0.29) is 10.8 Å². The molecule has 0 saturated heterocycles. The average molecular weight is 247 g/mol. The van der Waals surface area contributed by atoms with Crippen LogP contribution in [0.15, 0.2) is 18.2 Å². The van der Waals surface area contributed by atoms with Crippen LogP contribution in [-0.2, 0) is 0 Å². The Morgan fingerprint density at radius 3 is 2.50 bits per heavy atom. The Hall–Kier alpha value is -0.830. The van der Waals surface area contributed by atoms with Crippen LogP contribution in [-0.4, -0.2) is 6.61 Å². The van der Waals surface area contributed by atoms with Crippen molar-refractivity contribution in [2.75, 3.05) is 0 Å². The minimum atomic E-state index is -2.83. The summed E-state index contributed by atoms with van der Waals surface area (Å²) in [5, 5.41) is 0.250. The summed E-state index contributed by atoms with van der Waals surface area (Å²) in [6.07, 6.45) is 1.11. The van der Waals surface area contributed by atoms with Gasteiger partial charge in [-0.1, -0.05) is 31.5 Å². The highest BCUT2D eigenvalue weighted by Crippen LogP contribution is 2.59. The van der Waals surface area contributed by atoms with Crippen LogP contribution in [0.2, 0.25) is 5.02 Å². The van der Waals surface area contributed by atoms with Crippen LogP contribution in [0.4, 0.5) is 8.78 Å². The van der Waals surface area contributed by atoms with Crippen LogP contribution in [0.5, 0.6) is 5.75 Å². The highest BCUT2D eigenvalue weighted by atomic mass is 35.5. The Kier molecular flexibility index (Phi) is 2.82. The molecule has 0 aromatic heterocycles. The highest BCUT2D eigenvalue weighted by molar-refractivity contribution is 6.32.